The van der Waals surface area contributed by atoms with E-state index in [0.29, 0.717) is 6.04 Å². The average molecular weight is 350 g/mol. The molecule has 1 N–H and O–H groups in total. The maximum absolute atomic E-state index is 4.62. The van der Waals surface area contributed by atoms with Crippen molar-refractivity contribution < 1.29 is 0 Å². The normalized spacial score (nSPS) is 26.2. The van der Waals surface area contributed by atoms with Crippen molar-refractivity contribution in [1.29, 1.82) is 0 Å². The molecule has 2 fully saturated rings. The van der Waals surface area contributed by atoms with Gasteiger partial charge in [-0.2, -0.15) is 0 Å². The van der Waals surface area contributed by atoms with E-state index in [2.05, 4.69) is 57.9 Å². The Bertz CT molecular complexity index is 889. The lowest BCUT2D eigenvalue weighted by molar-refractivity contribution is 0.304. The lowest BCUT2D eigenvalue weighted by Gasteiger charge is -2.29. The first kappa shape index (κ1) is 15.3. The standard InChI is InChI=1S/C21H23N3S/c1-13(17-10-14-7-8-16(17)9-14)24-20-19-18(15-5-3-2-4-6-15)11-25-21(19)23-12-22-20/h2-6,11-14,16-17H,7-10H2,1H3,(H,22,23,24)/t13-,14+,16+,17+/m1/s1. The Morgan fingerprint density at radius 1 is 1.12 bits per heavy atom. The maximum Gasteiger partial charge on any atom is 0.139 e. The zero-order valence-corrected chi connectivity index (χ0v) is 15.3. The Kier molecular flexibility index (Phi) is 3.74. The van der Waals surface area contributed by atoms with Crippen molar-refractivity contribution in [2.75, 3.05) is 5.32 Å². The Balaban J connectivity index is 1.50. The highest BCUT2D eigenvalue weighted by atomic mass is 32.1. The molecule has 3 aromatic rings. The predicted molar refractivity (Wildman–Crippen MR) is 105 cm³/mol. The van der Waals surface area contributed by atoms with Gasteiger partial charge in [-0.1, -0.05) is 36.8 Å². The molecule has 0 amide bonds. The molecule has 0 aliphatic heterocycles. The molecule has 0 saturated heterocycles. The first-order chi connectivity index (χ1) is 12.3. The molecule has 128 valence electrons. The van der Waals surface area contributed by atoms with Gasteiger partial charge in [-0.3, -0.25) is 0 Å². The van der Waals surface area contributed by atoms with E-state index >= 15 is 0 Å². The van der Waals surface area contributed by atoms with Crippen molar-refractivity contribution in [3.8, 4) is 11.1 Å². The molecule has 0 spiro atoms. The van der Waals surface area contributed by atoms with Crippen LogP contribution in [0.5, 0.6) is 0 Å². The SMILES string of the molecule is C[C@@H](Nc1ncnc2scc(-c3ccccc3)c12)[C@@H]1C[C@H]2CC[C@H]1C2. The van der Waals surface area contributed by atoms with Crippen molar-refractivity contribution in [1.82, 2.24) is 9.97 Å². The van der Waals surface area contributed by atoms with Crippen LogP contribution in [0, 0.1) is 17.8 Å². The molecule has 25 heavy (non-hydrogen) atoms. The lowest BCUT2D eigenvalue weighted by Crippen LogP contribution is -2.30. The van der Waals surface area contributed by atoms with Gasteiger partial charge in [0.1, 0.15) is 17.0 Å². The number of thiophene rings is 1. The van der Waals surface area contributed by atoms with Crippen LogP contribution in [0.25, 0.3) is 21.3 Å². The summed E-state index contributed by atoms with van der Waals surface area (Å²) in [6.07, 6.45) is 7.41. The second kappa shape index (κ2) is 6.10. The van der Waals surface area contributed by atoms with Crippen molar-refractivity contribution >= 4 is 27.4 Å². The Morgan fingerprint density at radius 3 is 2.76 bits per heavy atom. The van der Waals surface area contributed by atoms with Crippen LogP contribution in [0.4, 0.5) is 5.82 Å². The summed E-state index contributed by atoms with van der Waals surface area (Å²) in [6, 6.07) is 11.0. The minimum atomic E-state index is 0.469. The Hall–Kier alpha value is -1.94. The quantitative estimate of drug-likeness (QED) is 0.667. The van der Waals surface area contributed by atoms with Gasteiger partial charge in [-0.15, -0.1) is 11.3 Å². The Morgan fingerprint density at radius 2 is 2.00 bits per heavy atom. The van der Waals surface area contributed by atoms with Crippen molar-refractivity contribution in [2.45, 2.75) is 38.6 Å². The van der Waals surface area contributed by atoms with Gasteiger partial charge in [0.15, 0.2) is 0 Å². The first-order valence-electron chi connectivity index (χ1n) is 9.33. The summed E-state index contributed by atoms with van der Waals surface area (Å²) in [5.41, 5.74) is 2.48. The lowest BCUT2D eigenvalue weighted by atomic mass is 9.84. The minimum Gasteiger partial charge on any atom is -0.367 e. The van der Waals surface area contributed by atoms with Crippen LogP contribution in [-0.2, 0) is 0 Å². The summed E-state index contributed by atoms with van der Waals surface area (Å²) in [7, 11) is 0. The zero-order valence-electron chi connectivity index (χ0n) is 14.5. The van der Waals surface area contributed by atoms with Gasteiger partial charge in [0.2, 0.25) is 0 Å². The van der Waals surface area contributed by atoms with E-state index in [1.165, 1.54) is 42.2 Å². The number of nitrogens with one attached hydrogen (secondary N) is 1. The van der Waals surface area contributed by atoms with E-state index in [0.717, 1.165) is 28.4 Å². The van der Waals surface area contributed by atoms with Gasteiger partial charge in [-0.25, -0.2) is 9.97 Å². The summed E-state index contributed by atoms with van der Waals surface area (Å²) in [5, 5.41) is 7.15. The van der Waals surface area contributed by atoms with Crippen LogP contribution in [0.1, 0.15) is 32.6 Å². The molecule has 1 aromatic carbocycles. The van der Waals surface area contributed by atoms with Crippen LogP contribution in [0.3, 0.4) is 0 Å². The predicted octanol–water partition coefficient (Wildman–Crippen LogP) is 5.59. The topological polar surface area (TPSA) is 37.8 Å². The number of nitrogens with zero attached hydrogens (tertiary/aromatic N) is 2. The summed E-state index contributed by atoms with van der Waals surface area (Å²) in [5.74, 6) is 3.69. The maximum atomic E-state index is 4.62. The molecular formula is C21H23N3S. The Labute approximate surface area is 152 Å². The fourth-order valence-corrected chi connectivity index (χ4v) is 5.96. The highest BCUT2D eigenvalue weighted by Crippen LogP contribution is 2.50. The van der Waals surface area contributed by atoms with E-state index in [-0.39, 0.29) is 0 Å². The first-order valence-corrected chi connectivity index (χ1v) is 10.2. The van der Waals surface area contributed by atoms with Gasteiger partial charge >= 0.3 is 0 Å². The van der Waals surface area contributed by atoms with Crippen LogP contribution in [-0.4, -0.2) is 16.0 Å². The third kappa shape index (κ3) is 2.63. The molecule has 0 radical (unpaired) electrons. The molecule has 3 nitrogen and oxygen atoms in total. The number of fused-ring (bicyclic) bond motifs is 3. The fourth-order valence-electron chi connectivity index (χ4n) is 5.04. The van der Waals surface area contributed by atoms with Crippen molar-refractivity contribution in [2.24, 2.45) is 17.8 Å². The van der Waals surface area contributed by atoms with E-state index in [4.69, 9.17) is 0 Å². The highest BCUT2D eigenvalue weighted by Gasteiger charge is 2.41. The summed E-state index contributed by atoms with van der Waals surface area (Å²) in [6.45, 7) is 2.34. The average Bonchev–Trinajstić information content (AvgIpc) is 3.38. The van der Waals surface area contributed by atoms with Gasteiger partial charge in [0, 0.05) is 17.0 Å². The molecule has 4 heteroatoms. The summed E-state index contributed by atoms with van der Waals surface area (Å²) >= 11 is 1.70. The summed E-state index contributed by atoms with van der Waals surface area (Å²) < 4.78 is 0. The molecule has 2 saturated carbocycles. The van der Waals surface area contributed by atoms with E-state index in [1.54, 1.807) is 17.7 Å². The molecule has 4 atom stereocenters. The smallest absolute Gasteiger partial charge is 0.139 e. The molecule has 2 heterocycles. The summed E-state index contributed by atoms with van der Waals surface area (Å²) in [4.78, 5) is 10.2. The largest absolute Gasteiger partial charge is 0.367 e. The second-order valence-corrected chi connectivity index (χ2v) is 8.55. The van der Waals surface area contributed by atoms with Gasteiger partial charge in [-0.05, 0) is 49.5 Å². The van der Waals surface area contributed by atoms with Crippen molar-refractivity contribution in [3.05, 3.63) is 42.0 Å². The fraction of sp³-hybridized carbons (Fsp3) is 0.429. The molecular weight excluding hydrogens is 326 g/mol. The number of hydrogen-bond donors (Lipinski definition) is 1. The number of anilines is 1. The third-order valence-corrected chi connectivity index (χ3v) is 7.14. The molecule has 2 bridgehead atoms. The van der Waals surface area contributed by atoms with Crippen molar-refractivity contribution in [3.63, 3.8) is 0 Å². The minimum absolute atomic E-state index is 0.469. The molecule has 2 aromatic heterocycles. The zero-order chi connectivity index (χ0) is 16.8. The van der Waals surface area contributed by atoms with E-state index < -0.39 is 0 Å². The molecule has 5 rings (SSSR count). The highest BCUT2D eigenvalue weighted by molar-refractivity contribution is 7.17. The van der Waals surface area contributed by atoms with Gasteiger partial charge in [0.25, 0.3) is 0 Å². The van der Waals surface area contributed by atoms with Crippen LogP contribution < -0.4 is 5.32 Å². The van der Waals surface area contributed by atoms with Gasteiger partial charge in [0.05, 0.1) is 5.39 Å². The monoisotopic (exact) mass is 349 g/mol. The third-order valence-electron chi connectivity index (χ3n) is 6.25. The number of aromatic nitrogens is 2. The van der Waals surface area contributed by atoms with Crippen LogP contribution in [0.15, 0.2) is 42.0 Å². The second-order valence-electron chi connectivity index (χ2n) is 7.69. The number of benzene rings is 1. The molecule has 2 aliphatic carbocycles. The van der Waals surface area contributed by atoms with Crippen LogP contribution in [0.2, 0.25) is 0 Å². The van der Waals surface area contributed by atoms with E-state index in [1.807, 2.05) is 0 Å². The van der Waals surface area contributed by atoms with E-state index in [9.17, 15) is 0 Å². The number of rotatable bonds is 4. The molecule has 2 aliphatic rings. The van der Waals surface area contributed by atoms with Crippen LogP contribution >= 0.6 is 11.3 Å². The number of hydrogen-bond acceptors (Lipinski definition) is 4. The molecule has 0 unspecified atom stereocenters. The van der Waals surface area contributed by atoms with Gasteiger partial charge < -0.3 is 5.32 Å².